The Morgan fingerprint density at radius 1 is 1.38 bits per heavy atom. The average molecular weight is 307 g/mol. The average Bonchev–Trinajstić information content (AvgIpc) is 2.85. The van der Waals surface area contributed by atoms with Crippen LogP contribution in [0.2, 0.25) is 5.02 Å². The predicted octanol–water partition coefficient (Wildman–Crippen LogP) is 3.31. The summed E-state index contributed by atoms with van der Waals surface area (Å²) in [4.78, 5) is 12.4. The number of Topliss-reactive ketones (excluding diaryl/α,β-unsaturated/α-hetero) is 1. The van der Waals surface area contributed by atoms with E-state index in [4.69, 9.17) is 16.3 Å². The van der Waals surface area contributed by atoms with Crippen LogP contribution in [0.1, 0.15) is 28.0 Å². The molecule has 0 radical (unpaired) electrons. The Hall–Kier alpha value is -1.65. The van der Waals surface area contributed by atoms with Gasteiger partial charge < -0.3 is 4.74 Å². The van der Waals surface area contributed by atoms with Gasteiger partial charge in [0.25, 0.3) is 0 Å². The zero-order valence-electron chi connectivity index (χ0n) is 12.3. The molecule has 0 saturated carbocycles. The number of halogens is 1. The van der Waals surface area contributed by atoms with E-state index in [0.717, 1.165) is 0 Å². The maximum Gasteiger partial charge on any atom is 0.182 e. The van der Waals surface area contributed by atoms with Gasteiger partial charge in [0, 0.05) is 13.5 Å². The minimum Gasteiger partial charge on any atom is -0.383 e. The van der Waals surface area contributed by atoms with Crippen LogP contribution < -0.4 is 0 Å². The highest BCUT2D eigenvalue weighted by Crippen LogP contribution is 2.19. The fraction of sp³-hybridized carbons (Fsp3) is 0.375. The Bertz CT molecular complexity index is 622. The molecule has 5 heteroatoms. The molecule has 0 fully saturated rings. The number of methoxy groups -OCH3 is 1. The first-order chi connectivity index (χ1) is 10.1. The Kier molecular flexibility index (Phi) is 5.53. The second-order valence-electron chi connectivity index (χ2n) is 4.91. The molecule has 2 aromatic rings. The van der Waals surface area contributed by atoms with Crippen LogP contribution in [0.15, 0.2) is 30.5 Å². The predicted molar refractivity (Wildman–Crippen MR) is 82.9 cm³/mol. The molecule has 0 atom stereocenters. The third kappa shape index (κ3) is 3.93. The molecule has 0 saturated heterocycles. The lowest BCUT2D eigenvalue weighted by atomic mass is 10.0. The van der Waals surface area contributed by atoms with E-state index in [-0.39, 0.29) is 5.78 Å². The van der Waals surface area contributed by atoms with E-state index in [9.17, 15) is 4.79 Å². The minimum atomic E-state index is 0.0110. The summed E-state index contributed by atoms with van der Waals surface area (Å²) in [6.07, 6.45) is 2.64. The van der Waals surface area contributed by atoms with Crippen molar-refractivity contribution in [3.8, 4) is 0 Å². The molecular formula is C16H19ClN2O2. The smallest absolute Gasteiger partial charge is 0.182 e. The standard InChI is InChI=1S/C16H19ClN2O2/c1-12-5-3-4-6-13(12)7-8-15(20)16-14(17)11-18-19(16)9-10-21-2/h3-6,11H,7-10H2,1-2H3. The largest absolute Gasteiger partial charge is 0.383 e. The summed E-state index contributed by atoms with van der Waals surface area (Å²) < 4.78 is 6.64. The maximum atomic E-state index is 12.4. The van der Waals surface area contributed by atoms with E-state index in [0.29, 0.717) is 36.7 Å². The van der Waals surface area contributed by atoms with Crippen LogP contribution in [0.25, 0.3) is 0 Å². The summed E-state index contributed by atoms with van der Waals surface area (Å²) in [7, 11) is 1.62. The Balaban J connectivity index is 2.07. The molecule has 1 aromatic carbocycles. The quantitative estimate of drug-likeness (QED) is 0.737. The lowest BCUT2D eigenvalue weighted by Gasteiger charge is -2.08. The Labute approximate surface area is 129 Å². The number of hydrogen-bond donors (Lipinski definition) is 0. The van der Waals surface area contributed by atoms with Crippen molar-refractivity contribution >= 4 is 17.4 Å². The van der Waals surface area contributed by atoms with E-state index < -0.39 is 0 Å². The molecule has 21 heavy (non-hydrogen) atoms. The number of aryl methyl sites for hydroxylation is 2. The maximum absolute atomic E-state index is 12.4. The van der Waals surface area contributed by atoms with Gasteiger partial charge in [0.2, 0.25) is 0 Å². The van der Waals surface area contributed by atoms with Crippen molar-refractivity contribution in [1.82, 2.24) is 9.78 Å². The van der Waals surface area contributed by atoms with Gasteiger partial charge >= 0.3 is 0 Å². The highest BCUT2D eigenvalue weighted by molar-refractivity contribution is 6.33. The molecule has 2 rings (SSSR count). The van der Waals surface area contributed by atoms with Crippen LogP contribution >= 0.6 is 11.6 Å². The number of nitrogens with zero attached hydrogens (tertiary/aromatic N) is 2. The van der Waals surface area contributed by atoms with Crippen molar-refractivity contribution in [2.24, 2.45) is 0 Å². The fourth-order valence-electron chi connectivity index (χ4n) is 2.24. The van der Waals surface area contributed by atoms with Gasteiger partial charge in [-0.3, -0.25) is 9.48 Å². The summed E-state index contributed by atoms with van der Waals surface area (Å²) >= 11 is 6.09. The fourth-order valence-corrected chi connectivity index (χ4v) is 2.49. The normalized spacial score (nSPS) is 10.8. The number of carbonyl (C=O) groups excluding carboxylic acids is 1. The van der Waals surface area contributed by atoms with Gasteiger partial charge in [-0.15, -0.1) is 0 Å². The number of carbonyl (C=O) groups is 1. The SMILES string of the molecule is COCCn1ncc(Cl)c1C(=O)CCc1ccccc1C. The lowest BCUT2D eigenvalue weighted by molar-refractivity contribution is 0.0969. The minimum absolute atomic E-state index is 0.0110. The van der Waals surface area contributed by atoms with Gasteiger partial charge in [-0.25, -0.2) is 0 Å². The summed E-state index contributed by atoms with van der Waals surface area (Å²) in [5, 5.41) is 4.53. The van der Waals surface area contributed by atoms with Crippen molar-refractivity contribution in [1.29, 1.82) is 0 Å². The van der Waals surface area contributed by atoms with Gasteiger partial charge in [-0.1, -0.05) is 35.9 Å². The Morgan fingerprint density at radius 2 is 2.14 bits per heavy atom. The summed E-state index contributed by atoms with van der Waals surface area (Å²) in [5.74, 6) is 0.0110. The summed E-state index contributed by atoms with van der Waals surface area (Å²) in [5.41, 5.74) is 2.86. The van der Waals surface area contributed by atoms with Crippen LogP contribution in [0, 0.1) is 6.92 Å². The van der Waals surface area contributed by atoms with Crippen molar-refractivity contribution < 1.29 is 9.53 Å². The van der Waals surface area contributed by atoms with Crippen LogP contribution in [-0.4, -0.2) is 29.3 Å². The third-order valence-corrected chi connectivity index (χ3v) is 3.73. The van der Waals surface area contributed by atoms with Gasteiger partial charge in [0.1, 0.15) is 5.69 Å². The van der Waals surface area contributed by atoms with Crippen LogP contribution in [0.5, 0.6) is 0 Å². The molecule has 0 bridgehead atoms. The number of rotatable bonds is 7. The zero-order chi connectivity index (χ0) is 15.2. The first kappa shape index (κ1) is 15.7. The molecule has 0 N–H and O–H groups in total. The second-order valence-corrected chi connectivity index (χ2v) is 5.31. The van der Waals surface area contributed by atoms with E-state index in [2.05, 4.69) is 18.1 Å². The molecule has 112 valence electrons. The topological polar surface area (TPSA) is 44.1 Å². The van der Waals surface area contributed by atoms with Crippen molar-refractivity contribution in [2.75, 3.05) is 13.7 Å². The van der Waals surface area contributed by atoms with Crippen molar-refractivity contribution in [3.63, 3.8) is 0 Å². The van der Waals surface area contributed by atoms with E-state index in [1.54, 1.807) is 11.8 Å². The number of aromatic nitrogens is 2. The highest BCUT2D eigenvalue weighted by Gasteiger charge is 2.17. The molecule has 0 aliphatic heterocycles. The van der Waals surface area contributed by atoms with Crippen LogP contribution in [0.3, 0.4) is 0 Å². The number of hydrogen-bond acceptors (Lipinski definition) is 3. The molecular weight excluding hydrogens is 288 g/mol. The second kappa shape index (κ2) is 7.38. The molecule has 1 aromatic heterocycles. The van der Waals surface area contributed by atoms with Gasteiger partial charge in [-0.05, 0) is 24.5 Å². The third-order valence-electron chi connectivity index (χ3n) is 3.45. The van der Waals surface area contributed by atoms with E-state index in [1.807, 2.05) is 18.2 Å². The zero-order valence-corrected chi connectivity index (χ0v) is 13.1. The Morgan fingerprint density at radius 3 is 2.86 bits per heavy atom. The molecule has 0 unspecified atom stereocenters. The summed E-state index contributed by atoms with van der Waals surface area (Å²) in [6.45, 7) is 3.07. The first-order valence-corrected chi connectivity index (χ1v) is 7.29. The van der Waals surface area contributed by atoms with Crippen molar-refractivity contribution in [2.45, 2.75) is 26.3 Å². The van der Waals surface area contributed by atoms with Crippen LogP contribution in [0.4, 0.5) is 0 Å². The monoisotopic (exact) mass is 306 g/mol. The lowest BCUT2D eigenvalue weighted by Crippen LogP contribution is -2.14. The van der Waals surface area contributed by atoms with E-state index >= 15 is 0 Å². The number of benzene rings is 1. The number of ketones is 1. The molecule has 0 aliphatic carbocycles. The number of ether oxygens (including phenoxy) is 1. The molecule has 0 spiro atoms. The molecule has 0 amide bonds. The molecule has 1 heterocycles. The van der Waals surface area contributed by atoms with Gasteiger partial charge in [-0.2, -0.15) is 5.10 Å². The molecule has 4 nitrogen and oxygen atoms in total. The van der Waals surface area contributed by atoms with Gasteiger partial charge in [0.15, 0.2) is 5.78 Å². The van der Waals surface area contributed by atoms with Crippen LogP contribution in [-0.2, 0) is 17.7 Å². The highest BCUT2D eigenvalue weighted by atomic mass is 35.5. The summed E-state index contributed by atoms with van der Waals surface area (Å²) in [6, 6.07) is 8.09. The molecule has 0 aliphatic rings. The first-order valence-electron chi connectivity index (χ1n) is 6.91. The van der Waals surface area contributed by atoms with Gasteiger partial charge in [0.05, 0.1) is 24.4 Å². The van der Waals surface area contributed by atoms with Crippen molar-refractivity contribution in [3.05, 3.63) is 52.3 Å². The van der Waals surface area contributed by atoms with E-state index in [1.165, 1.54) is 17.3 Å².